The largest absolute Gasteiger partial charge is 0.493 e. The number of carbonyl (C=O) groups excluding carboxylic acids is 2. The summed E-state index contributed by atoms with van der Waals surface area (Å²) in [5.41, 5.74) is 0.797. The number of esters is 1. The summed E-state index contributed by atoms with van der Waals surface area (Å²) in [5.74, 6) is 0.817. The lowest BCUT2D eigenvalue weighted by Crippen LogP contribution is -2.29. The molecule has 0 spiro atoms. The third kappa shape index (κ3) is 6.72. The first kappa shape index (κ1) is 24.7. The van der Waals surface area contributed by atoms with Crippen molar-refractivity contribution in [3.63, 3.8) is 0 Å². The van der Waals surface area contributed by atoms with E-state index in [1.165, 1.54) is 16.7 Å². The molecular weight excluding hydrogens is 490 g/mol. The van der Waals surface area contributed by atoms with Gasteiger partial charge in [0.2, 0.25) is 0 Å². The van der Waals surface area contributed by atoms with Crippen molar-refractivity contribution in [2.75, 3.05) is 26.9 Å². The van der Waals surface area contributed by atoms with Gasteiger partial charge in [-0.2, -0.15) is 0 Å². The molecule has 0 aliphatic carbocycles. The second kappa shape index (κ2) is 12.3. The van der Waals surface area contributed by atoms with Crippen molar-refractivity contribution in [3.05, 3.63) is 27.1 Å². The van der Waals surface area contributed by atoms with E-state index in [1.54, 1.807) is 13.2 Å². The highest BCUT2D eigenvalue weighted by atomic mass is 79.9. The van der Waals surface area contributed by atoms with Crippen LogP contribution in [0.15, 0.2) is 21.5 Å². The number of hydrogen-bond donors (Lipinski definition) is 0. The number of thioether (sulfide) groups is 1. The Morgan fingerprint density at radius 2 is 2.00 bits per heavy atom. The highest BCUT2D eigenvalue weighted by Gasteiger charge is 2.31. The number of halogens is 1. The van der Waals surface area contributed by atoms with E-state index in [2.05, 4.69) is 15.9 Å². The highest BCUT2D eigenvalue weighted by molar-refractivity contribution is 9.10. The molecule has 0 aromatic heterocycles. The Labute approximate surface area is 195 Å². The van der Waals surface area contributed by atoms with Crippen LogP contribution >= 0.6 is 39.9 Å². The Morgan fingerprint density at radius 3 is 2.67 bits per heavy atom. The van der Waals surface area contributed by atoms with Gasteiger partial charge in [0.25, 0.3) is 5.91 Å². The van der Waals surface area contributed by atoms with Gasteiger partial charge in [-0.25, -0.2) is 0 Å². The molecule has 6 nitrogen and oxygen atoms in total. The van der Waals surface area contributed by atoms with Gasteiger partial charge in [0.1, 0.15) is 4.32 Å². The highest BCUT2D eigenvalue weighted by Crippen LogP contribution is 2.39. The van der Waals surface area contributed by atoms with Crippen molar-refractivity contribution in [2.45, 2.75) is 39.5 Å². The molecule has 1 aromatic carbocycles. The Bertz CT molecular complexity index is 828. The van der Waals surface area contributed by atoms with E-state index in [-0.39, 0.29) is 18.3 Å². The van der Waals surface area contributed by atoms with Gasteiger partial charge in [0.05, 0.1) is 29.7 Å². The normalized spacial score (nSPS) is 15.1. The van der Waals surface area contributed by atoms with Crippen LogP contribution in [-0.2, 0) is 14.3 Å². The number of methoxy groups -OCH3 is 1. The Morgan fingerprint density at radius 1 is 1.27 bits per heavy atom. The molecular formula is C21H26BrNO5S2. The van der Waals surface area contributed by atoms with Crippen LogP contribution in [0.1, 0.15) is 45.1 Å². The summed E-state index contributed by atoms with van der Waals surface area (Å²) in [6, 6.07) is 3.70. The Kier molecular flexibility index (Phi) is 10.1. The molecule has 0 N–H and O–H groups in total. The molecule has 0 saturated carbocycles. The number of nitrogens with zero attached hydrogens (tertiary/aromatic N) is 1. The van der Waals surface area contributed by atoms with Crippen molar-refractivity contribution in [1.29, 1.82) is 0 Å². The molecule has 1 fully saturated rings. The second-order valence-corrected chi connectivity index (χ2v) is 9.07. The van der Waals surface area contributed by atoms with Gasteiger partial charge in [-0.1, -0.05) is 37.8 Å². The molecule has 0 atom stereocenters. The number of ether oxygens (including phenoxy) is 3. The van der Waals surface area contributed by atoms with Crippen molar-refractivity contribution in [1.82, 2.24) is 4.90 Å². The van der Waals surface area contributed by atoms with E-state index in [0.29, 0.717) is 46.9 Å². The summed E-state index contributed by atoms with van der Waals surface area (Å²) < 4.78 is 17.5. The van der Waals surface area contributed by atoms with Gasteiger partial charge in [0, 0.05) is 13.0 Å². The summed E-state index contributed by atoms with van der Waals surface area (Å²) in [6.45, 7) is 5.37. The monoisotopic (exact) mass is 515 g/mol. The molecule has 1 heterocycles. The fourth-order valence-corrected chi connectivity index (χ4v) is 4.56. The van der Waals surface area contributed by atoms with Crippen molar-refractivity contribution in [2.24, 2.45) is 0 Å². The molecule has 1 aliphatic heterocycles. The van der Waals surface area contributed by atoms with Gasteiger partial charge < -0.3 is 14.2 Å². The molecule has 164 valence electrons. The average molecular weight is 516 g/mol. The van der Waals surface area contributed by atoms with Crippen LogP contribution in [0, 0.1) is 0 Å². The van der Waals surface area contributed by atoms with Crippen LogP contribution in [0.4, 0.5) is 0 Å². The average Bonchev–Trinajstić information content (AvgIpc) is 2.98. The van der Waals surface area contributed by atoms with Crippen molar-refractivity contribution < 1.29 is 23.8 Å². The van der Waals surface area contributed by atoms with Crippen LogP contribution in [0.25, 0.3) is 6.08 Å². The van der Waals surface area contributed by atoms with Crippen LogP contribution in [0.2, 0.25) is 0 Å². The molecule has 1 saturated heterocycles. The summed E-state index contributed by atoms with van der Waals surface area (Å²) in [6.07, 6.45) is 4.23. The van der Waals surface area contributed by atoms with Crippen LogP contribution < -0.4 is 9.47 Å². The zero-order valence-electron chi connectivity index (χ0n) is 17.4. The second-order valence-electron chi connectivity index (χ2n) is 6.54. The molecule has 0 unspecified atom stereocenters. The maximum Gasteiger partial charge on any atom is 0.305 e. The van der Waals surface area contributed by atoms with E-state index < -0.39 is 0 Å². The van der Waals surface area contributed by atoms with E-state index >= 15 is 0 Å². The number of benzene rings is 1. The summed E-state index contributed by atoms with van der Waals surface area (Å²) in [7, 11) is 1.58. The standard InChI is InChI=1S/C21H26BrNO5S2/c1-4-9-27-18(24)7-6-8-23-20(25)17(30-21(23)29)13-14-11-15(22)19(28-10-5-2)16(12-14)26-3/h11-13H,4-10H2,1-3H3/b17-13-. The molecule has 2 rings (SSSR count). The smallest absolute Gasteiger partial charge is 0.305 e. The lowest BCUT2D eigenvalue weighted by Gasteiger charge is -2.14. The molecule has 1 aromatic rings. The predicted molar refractivity (Wildman–Crippen MR) is 127 cm³/mol. The van der Waals surface area contributed by atoms with Crippen molar-refractivity contribution >= 4 is 62.2 Å². The Balaban J connectivity index is 2.07. The molecule has 9 heteroatoms. The molecule has 1 aliphatic rings. The lowest BCUT2D eigenvalue weighted by atomic mass is 10.1. The molecule has 0 bridgehead atoms. The number of hydrogen-bond acceptors (Lipinski definition) is 7. The molecule has 30 heavy (non-hydrogen) atoms. The van der Waals surface area contributed by atoms with Gasteiger partial charge in [-0.3, -0.25) is 14.5 Å². The lowest BCUT2D eigenvalue weighted by molar-refractivity contribution is -0.144. The SMILES string of the molecule is CCCOC(=O)CCCN1C(=O)/C(=C/c2cc(Br)c(OCCC)c(OC)c2)SC1=S. The zero-order chi connectivity index (χ0) is 22.1. The van der Waals surface area contributed by atoms with E-state index in [0.717, 1.165) is 22.9 Å². The number of thiocarbonyl (C=S) groups is 1. The maximum atomic E-state index is 12.8. The van der Waals surface area contributed by atoms with Crippen molar-refractivity contribution in [3.8, 4) is 11.5 Å². The van der Waals surface area contributed by atoms with Gasteiger partial charge in [-0.15, -0.1) is 0 Å². The Hall–Kier alpha value is -1.58. The van der Waals surface area contributed by atoms with Crippen LogP contribution in [0.3, 0.4) is 0 Å². The predicted octanol–water partition coefficient (Wildman–Crippen LogP) is 5.18. The van der Waals surface area contributed by atoms with Crippen LogP contribution in [0.5, 0.6) is 11.5 Å². The first-order chi connectivity index (χ1) is 14.4. The summed E-state index contributed by atoms with van der Waals surface area (Å²) >= 11 is 10.1. The minimum atomic E-state index is -0.250. The third-order valence-corrected chi connectivity index (χ3v) is 6.07. The first-order valence-electron chi connectivity index (χ1n) is 9.82. The first-order valence-corrected chi connectivity index (χ1v) is 11.8. The quantitative estimate of drug-likeness (QED) is 0.228. The minimum absolute atomic E-state index is 0.159. The van der Waals surface area contributed by atoms with Crippen LogP contribution in [-0.4, -0.2) is 48.0 Å². The fraction of sp³-hybridized carbons (Fsp3) is 0.476. The zero-order valence-corrected chi connectivity index (χ0v) is 20.6. The number of carbonyl (C=O) groups is 2. The van der Waals surface area contributed by atoms with E-state index in [1.807, 2.05) is 26.0 Å². The molecule has 1 amide bonds. The van der Waals surface area contributed by atoms with Gasteiger partial charge >= 0.3 is 5.97 Å². The number of rotatable bonds is 11. The van der Waals surface area contributed by atoms with Gasteiger partial charge in [0.15, 0.2) is 11.5 Å². The summed E-state index contributed by atoms with van der Waals surface area (Å²) in [5, 5.41) is 0. The van der Waals surface area contributed by atoms with E-state index in [9.17, 15) is 9.59 Å². The number of amides is 1. The summed E-state index contributed by atoms with van der Waals surface area (Å²) in [4.78, 5) is 26.5. The van der Waals surface area contributed by atoms with Gasteiger partial charge in [-0.05, 0) is 59.0 Å². The minimum Gasteiger partial charge on any atom is -0.493 e. The maximum absolute atomic E-state index is 12.8. The molecule has 0 radical (unpaired) electrons. The van der Waals surface area contributed by atoms with E-state index in [4.69, 9.17) is 26.4 Å². The third-order valence-electron chi connectivity index (χ3n) is 4.10. The fourth-order valence-electron chi connectivity index (χ4n) is 2.68. The topological polar surface area (TPSA) is 65.1 Å².